The molecule has 4 N–H and O–H groups in total. The second kappa shape index (κ2) is 16.3. The molecule has 1 fully saturated rings. The summed E-state index contributed by atoms with van der Waals surface area (Å²) in [6, 6.07) is 12.8. The summed E-state index contributed by atoms with van der Waals surface area (Å²) in [6.07, 6.45) is 9.06. The molecule has 0 aromatic heterocycles. The Kier molecular flexibility index (Phi) is 12.3. The topological polar surface area (TPSA) is 172 Å². The maximum absolute atomic E-state index is 10.3. The van der Waals surface area contributed by atoms with Crippen LogP contribution >= 0.6 is 0 Å². The number of aliphatic carboxylic acids is 3. The highest BCUT2D eigenvalue weighted by molar-refractivity contribution is 5.88. The van der Waals surface area contributed by atoms with Gasteiger partial charge >= 0.3 is 17.9 Å². The van der Waals surface area contributed by atoms with E-state index in [2.05, 4.69) is 41.3 Å². The van der Waals surface area contributed by atoms with Gasteiger partial charge in [-0.15, -0.1) is 0 Å². The molecule has 0 aliphatic carbocycles. The first kappa shape index (κ1) is 33.9. The van der Waals surface area contributed by atoms with Gasteiger partial charge in [0.05, 0.1) is 12.8 Å². The molecular weight excluding hydrogens is 586 g/mol. The molecule has 3 aliphatic heterocycles. The number of ether oxygens (including phenoxy) is 4. The van der Waals surface area contributed by atoms with Crippen LogP contribution in [0.3, 0.4) is 0 Å². The van der Waals surface area contributed by atoms with Crippen LogP contribution in [0.5, 0.6) is 23.0 Å². The van der Waals surface area contributed by atoms with Gasteiger partial charge in [0.1, 0.15) is 0 Å². The molecule has 12 nitrogen and oxygen atoms in total. The predicted octanol–water partition coefficient (Wildman–Crippen LogP) is 4.34. The third-order valence-electron chi connectivity index (χ3n) is 8.38. The Labute approximate surface area is 262 Å². The van der Waals surface area contributed by atoms with E-state index in [1.54, 1.807) is 0 Å². The summed E-state index contributed by atoms with van der Waals surface area (Å²) in [5.74, 6) is -0.775. The molecule has 0 amide bonds. The van der Waals surface area contributed by atoms with Crippen LogP contribution in [-0.4, -0.2) is 82.1 Å². The number of nitrogens with zero attached hydrogens (tertiary/aromatic N) is 1. The maximum atomic E-state index is 10.3. The van der Waals surface area contributed by atoms with Crippen LogP contribution < -0.4 is 18.9 Å². The summed E-state index contributed by atoms with van der Waals surface area (Å²) in [6.45, 7) is 4.52. The number of hydrogen-bond acceptors (Lipinski definition) is 9. The average molecular weight is 630 g/mol. The number of fused-ring (bicyclic) bond motifs is 2. The van der Waals surface area contributed by atoms with Gasteiger partial charge in [0.2, 0.25) is 13.6 Å². The predicted molar refractivity (Wildman–Crippen MR) is 162 cm³/mol. The molecule has 2 aromatic carbocycles. The van der Waals surface area contributed by atoms with Crippen molar-refractivity contribution in [2.75, 3.05) is 33.2 Å². The zero-order valence-corrected chi connectivity index (χ0v) is 25.4. The summed E-state index contributed by atoms with van der Waals surface area (Å²) < 4.78 is 22.1. The van der Waals surface area contributed by atoms with Crippen LogP contribution in [0.25, 0.3) is 0 Å². The van der Waals surface area contributed by atoms with Crippen molar-refractivity contribution in [3.05, 3.63) is 47.5 Å². The van der Waals surface area contributed by atoms with Crippen molar-refractivity contribution in [3.63, 3.8) is 0 Å². The van der Waals surface area contributed by atoms with E-state index >= 15 is 0 Å². The van der Waals surface area contributed by atoms with Gasteiger partial charge in [-0.3, -0.25) is 9.59 Å². The Morgan fingerprint density at radius 1 is 0.711 bits per heavy atom. The summed E-state index contributed by atoms with van der Waals surface area (Å²) in [7, 11) is 0. The van der Waals surface area contributed by atoms with E-state index in [-0.39, 0.29) is 0 Å². The molecule has 0 spiro atoms. The van der Waals surface area contributed by atoms with Crippen LogP contribution in [-0.2, 0) is 27.2 Å². The monoisotopic (exact) mass is 629 g/mol. The van der Waals surface area contributed by atoms with Crippen LogP contribution in [0, 0.1) is 5.92 Å². The number of aliphatic hydroxyl groups is 1. The average Bonchev–Trinajstić information content (AvgIpc) is 3.67. The van der Waals surface area contributed by atoms with E-state index in [9.17, 15) is 14.4 Å². The Bertz CT molecular complexity index is 1230. The zero-order valence-electron chi connectivity index (χ0n) is 25.4. The fraction of sp³-hybridized carbons (Fsp3) is 0.545. The lowest BCUT2D eigenvalue weighted by Gasteiger charge is -2.27. The number of carboxylic acid groups (broad SMARTS) is 3. The molecule has 1 saturated heterocycles. The number of carbonyl (C=O) groups is 3. The molecule has 0 saturated carbocycles. The quantitative estimate of drug-likeness (QED) is 0.220. The smallest absolute Gasteiger partial charge is 0.336 e. The summed E-state index contributed by atoms with van der Waals surface area (Å²) in [5, 5.41) is 33.8. The van der Waals surface area contributed by atoms with Gasteiger partial charge in [-0.05, 0) is 112 Å². The standard InChI is InChI=1S/C27H35NO4.C6H8O7/c1-2-14-28(15-3-1)16-4-5-21(6-8-22-10-12-24-26(17-22)31-19-29-24)7-9-23-11-13-25-27(18-23)32-20-30-25;7-3(8)1-6(13,5(11)12)2-4(9)10/h10-13,17-18,21H,1-9,14-16,19-20H2;13H,1-2H2,(H,7,8)(H,9,10)(H,11,12). The van der Waals surface area contributed by atoms with Crippen LogP contribution in [0.1, 0.15) is 68.9 Å². The number of aryl methyl sites for hydroxylation is 2. The lowest BCUT2D eigenvalue weighted by Crippen LogP contribution is -2.42. The van der Waals surface area contributed by atoms with Crippen molar-refractivity contribution < 1.29 is 53.8 Å². The van der Waals surface area contributed by atoms with E-state index in [1.165, 1.54) is 75.7 Å². The first-order valence-electron chi connectivity index (χ1n) is 15.5. The molecule has 3 heterocycles. The number of benzene rings is 2. The van der Waals surface area contributed by atoms with Gasteiger partial charge in [0, 0.05) is 0 Å². The van der Waals surface area contributed by atoms with Crippen molar-refractivity contribution in [3.8, 4) is 23.0 Å². The molecule has 0 radical (unpaired) electrons. The van der Waals surface area contributed by atoms with Crippen molar-refractivity contribution in [2.45, 2.75) is 76.2 Å². The van der Waals surface area contributed by atoms with E-state index in [4.69, 9.17) is 39.4 Å². The SMILES string of the molecule is O=C(O)CC(O)(CC(=O)O)C(=O)O.c1cc2c(cc1CCC(CCCN1CCCCC1)CCc1ccc3c(c1)OCO3)OCO2. The van der Waals surface area contributed by atoms with Gasteiger partial charge in [0.15, 0.2) is 28.6 Å². The number of likely N-dealkylation sites (tertiary alicyclic amines) is 1. The van der Waals surface area contributed by atoms with Gasteiger partial charge in [0.25, 0.3) is 0 Å². The second-order valence-corrected chi connectivity index (χ2v) is 11.8. The lowest BCUT2D eigenvalue weighted by molar-refractivity contribution is -0.170. The minimum atomic E-state index is -2.74. The molecule has 2 aromatic rings. The third kappa shape index (κ3) is 10.5. The Morgan fingerprint density at radius 2 is 1.20 bits per heavy atom. The van der Waals surface area contributed by atoms with Gasteiger partial charge in [-0.1, -0.05) is 18.6 Å². The first-order valence-corrected chi connectivity index (χ1v) is 15.5. The van der Waals surface area contributed by atoms with Crippen LogP contribution in [0.2, 0.25) is 0 Å². The molecule has 12 heteroatoms. The van der Waals surface area contributed by atoms with Crippen molar-refractivity contribution in [1.82, 2.24) is 4.90 Å². The van der Waals surface area contributed by atoms with Crippen LogP contribution in [0.4, 0.5) is 0 Å². The fourth-order valence-electron chi connectivity index (χ4n) is 5.87. The molecule has 3 aliphatic rings. The van der Waals surface area contributed by atoms with Crippen molar-refractivity contribution >= 4 is 17.9 Å². The van der Waals surface area contributed by atoms with Gasteiger partial charge in [-0.25, -0.2) is 4.79 Å². The largest absolute Gasteiger partial charge is 0.481 e. The summed E-state index contributed by atoms with van der Waals surface area (Å²) >= 11 is 0. The molecule has 0 unspecified atom stereocenters. The summed E-state index contributed by atoms with van der Waals surface area (Å²) in [5.41, 5.74) is -0.0470. The van der Waals surface area contributed by atoms with E-state index in [0.717, 1.165) is 41.8 Å². The van der Waals surface area contributed by atoms with Crippen molar-refractivity contribution in [2.24, 2.45) is 5.92 Å². The Morgan fingerprint density at radius 3 is 1.67 bits per heavy atom. The van der Waals surface area contributed by atoms with Gasteiger partial charge < -0.3 is 44.3 Å². The maximum Gasteiger partial charge on any atom is 0.336 e. The number of piperidine rings is 1. The van der Waals surface area contributed by atoms with Gasteiger partial charge in [-0.2, -0.15) is 0 Å². The van der Waals surface area contributed by atoms with E-state index in [0.29, 0.717) is 13.6 Å². The molecule has 0 atom stereocenters. The molecular formula is C33H43NO11. The number of carboxylic acids is 3. The molecule has 0 bridgehead atoms. The Balaban J connectivity index is 0.000000302. The fourth-order valence-corrected chi connectivity index (χ4v) is 5.87. The van der Waals surface area contributed by atoms with Crippen LogP contribution in [0.15, 0.2) is 36.4 Å². The number of hydrogen-bond donors (Lipinski definition) is 4. The second-order valence-electron chi connectivity index (χ2n) is 11.8. The Hall–Kier alpha value is -4.03. The molecule has 45 heavy (non-hydrogen) atoms. The first-order chi connectivity index (χ1) is 21.6. The third-order valence-corrected chi connectivity index (χ3v) is 8.38. The highest BCUT2D eigenvalue weighted by Gasteiger charge is 2.40. The zero-order chi connectivity index (χ0) is 32.2. The van der Waals surface area contributed by atoms with E-state index < -0.39 is 36.4 Å². The highest BCUT2D eigenvalue weighted by atomic mass is 16.7. The number of rotatable bonds is 15. The lowest BCUT2D eigenvalue weighted by atomic mass is 9.89. The minimum Gasteiger partial charge on any atom is -0.481 e. The van der Waals surface area contributed by atoms with Crippen molar-refractivity contribution in [1.29, 1.82) is 0 Å². The highest BCUT2D eigenvalue weighted by Crippen LogP contribution is 2.35. The minimum absolute atomic E-state index is 0.341. The van der Waals surface area contributed by atoms with E-state index in [1.807, 2.05) is 0 Å². The molecule has 5 rings (SSSR count). The summed E-state index contributed by atoms with van der Waals surface area (Å²) in [4.78, 5) is 33.1. The molecule has 246 valence electrons. The normalized spacial score (nSPS) is 15.4.